The van der Waals surface area contributed by atoms with E-state index in [1.54, 1.807) is 0 Å². The average Bonchev–Trinajstić information content (AvgIpc) is 2.67. The molecule has 1 heterocycles. The number of rotatable bonds is 7. The van der Waals surface area contributed by atoms with Crippen LogP contribution in [0.25, 0.3) is 0 Å². The van der Waals surface area contributed by atoms with Crippen molar-refractivity contribution < 1.29 is 4.74 Å². The quantitative estimate of drug-likeness (QED) is 0.654. The van der Waals surface area contributed by atoms with Crippen LogP contribution in [-0.2, 0) is 4.74 Å². The minimum atomic E-state index is 0.499. The first kappa shape index (κ1) is 12.7. The van der Waals surface area contributed by atoms with Crippen LogP contribution in [0.2, 0.25) is 0 Å². The summed E-state index contributed by atoms with van der Waals surface area (Å²) in [6.45, 7) is 10.2. The van der Waals surface area contributed by atoms with Gasteiger partial charge in [-0.2, -0.15) is 0 Å². The molecule has 0 saturated carbocycles. The van der Waals surface area contributed by atoms with Gasteiger partial charge in [-0.25, -0.2) is 0 Å². The van der Waals surface area contributed by atoms with E-state index < -0.39 is 0 Å². The van der Waals surface area contributed by atoms with Crippen LogP contribution in [0.1, 0.15) is 46.0 Å². The van der Waals surface area contributed by atoms with Crippen molar-refractivity contribution in [3.8, 4) is 0 Å². The molecular weight excluding hydrogens is 186 g/mol. The molecule has 0 aromatic heterocycles. The van der Waals surface area contributed by atoms with Crippen LogP contribution >= 0.6 is 0 Å². The number of ether oxygens (including phenoxy) is 1. The lowest BCUT2D eigenvalue weighted by atomic mass is 10.0. The van der Waals surface area contributed by atoms with Gasteiger partial charge in [0.15, 0.2) is 0 Å². The van der Waals surface area contributed by atoms with Gasteiger partial charge in [-0.15, -0.1) is 6.58 Å². The van der Waals surface area contributed by atoms with Crippen LogP contribution in [0.3, 0.4) is 0 Å². The van der Waals surface area contributed by atoms with E-state index in [0.717, 1.165) is 19.6 Å². The zero-order chi connectivity index (χ0) is 11.1. The van der Waals surface area contributed by atoms with Crippen LogP contribution in [-0.4, -0.2) is 25.3 Å². The van der Waals surface area contributed by atoms with Crippen LogP contribution < -0.4 is 5.32 Å². The molecule has 0 aromatic rings. The molecule has 1 fully saturated rings. The second-order valence-corrected chi connectivity index (χ2v) is 4.62. The molecule has 88 valence electrons. The first-order chi connectivity index (χ1) is 7.22. The van der Waals surface area contributed by atoms with Crippen molar-refractivity contribution in [2.24, 2.45) is 0 Å². The Kier molecular flexibility index (Phi) is 5.96. The van der Waals surface area contributed by atoms with Gasteiger partial charge >= 0.3 is 0 Å². The second kappa shape index (κ2) is 7.02. The summed E-state index contributed by atoms with van der Waals surface area (Å²) in [4.78, 5) is 0. The predicted octanol–water partition coefficient (Wildman–Crippen LogP) is 2.89. The Hall–Kier alpha value is -0.340. The maximum Gasteiger partial charge on any atom is 0.0590 e. The largest absolute Gasteiger partial charge is 0.378 e. The lowest BCUT2D eigenvalue weighted by molar-refractivity contribution is 0.0938. The summed E-state index contributed by atoms with van der Waals surface area (Å²) in [6, 6.07) is 0.606. The number of nitrogens with one attached hydrogen (secondary N) is 1. The Morgan fingerprint density at radius 1 is 1.60 bits per heavy atom. The Labute approximate surface area is 94.1 Å². The summed E-state index contributed by atoms with van der Waals surface area (Å²) < 4.78 is 5.67. The highest BCUT2D eigenvalue weighted by molar-refractivity contribution is 4.89. The maximum atomic E-state index is 5.67. The highest BCUT2D eigenvalue weighted by atomic mass is 16.5. The van der Waals surface area contributed by atoms with Gasteiger partial charge in [-0.3, -0.25) is 0 Å². The molecule has 1 N–H and O–H groups in total. The van der Waals surface area contributed by atoms with E-state index in [0.29, 0.717) is 12.1 Å². The van der Waals surface area contributed by atoms with E-state index in [-0.39, 0.29) is 0 Å². The smallest absolute Gasteiger partial charge is 0.0590 e. The van der Waals surface area contributed by atoms with E-state index in [4.69, 9.17) is 4.74 Å². The van der Waals surface area contributed by atoms with Crippen LogP contribution in [0.4, 0.5) is 0 Å². The maximum absolute atomic E-state index is 5.67. The fourth-order valence-electron chi connectivity index (χ4n) is 2.16. The molecule has 0 bridgehead atoms. The molecule has 0 radical (unpaired) electrons. The number of hydrogen-bond acceptors (Lipinski definition) is 2. The van der Waals surface area contributed by atoms with Crippen molar-refractivity contribution in [2.45, 2.75) is 58.1 Å². The minimum Gasteiger partial charge on any atom is -0.378 e. The third-order valence-corrected chi connectivity index (χ3v) is 2.98. The molecule has 1 rings (SSSR count). The molecule has 1 aliphatic heterocycles. The van der Waals surface area contributed by atoms with Crippen molar-refractivity contribution >= 4 is 0 Å². The van der Waals surface area contributed by atoms with Crippen LogP contribution in [0.15, 0.2) is 12.2 Å². The van der Waals surface area contributed by atoms with E-state index in [9.17, 15) is 0 Å². The molecule has 2 nitrogen and oxygen atoms in total. The molecule has 0 spiro atoms. The monoisotopic (exact) mass is 211 g/mol. The van der Waals surface area contributed by atoms with Crippen molar-refractivity contribution in [3.05, 3.63) is 12.2 Å². The average molecular weight is 211 g/mol. The van der Waals surface area contributed by atoms with Crippen molar-refractivity contribution in [3.63, 3.8) is 0 Å². The van der Waals surface area contributed by atoms with Crippen molar-refractivity contribution in [1.29, 1.82) is 0 Å². The summed E-state index contributed by atoms with van der Waals surface area (Å²) in [5.41, 5.74) is 1.28. The van der Waals surface area contributed by atoms with E-state index in [1.165, 1.54) is 31.3 Å². The van der Waals surface area contributed by atoms with Crippen LogP contribution in [0.5, 0.6) is 0 Å². The number of hydrogen-bond donors (Lipinski definition) is 1. The van der Waals surface area contributed by atoms with Gasteiger partial charge in [0, 0.05) is 12.6 Å². The van der Waals surface area contributed by atoms with E-state index in [1.807, 2.05) is 0 Å². The Morgan fingerprint density at radius 2 is 2.40 bits per heavy atom. The zero-order valence-corrected chi connectivity index (χ0v) is 10.2. The molecule has 15 heavy (non-hydrogen) atoms. The summed E-state index contributed by atoms with van der Waals surface area (Å²) in [5, 5.41) is 3.54. The zero-order valence-electron chi connectivity index (χ0n) is 10.2. The highest BCUT2D eigenvalue weighted by Crippen LogP contribution is 2.19. The topological polar surface area (TPSA) is 21.3 Å². The summed E-state index contributed by atoms with van der Waals surface area (Å²) in [6.07, 6.45) is 6.48. The van der Waals surface area contributed by atoms with Gasteiger partial charge in [-0.1, -0.05) is 12.5 Å². The van der Waals surface area contributed by atoms with E-state index >= 15 is 0 Å². The first-order valence-corrected chi connectivity index (χ1v) is 6.21. The van der Waals surface area contributed by atoms with E-state index in [2.05, 4.69) is 25.7 Å². The molecule has 2 heteroatoms. The first-order valence-electron chi connectivity index (χ1n) is 6.21. The van der Waals surface area contributed by atoms with Gasteiger partial charge in [0.05, 0.1) is 6.10 Å². The Bertz CT molecular complexity index is 185. The minimum absolute atomic E-state index is 0.499. The summed E-state index contributed by atoms with van der Waals surface area (Å²) >= 11 is 0. The molecule has 1 saturated heterocycles. The van der Waals surface area contributed by atoms with Gasteiger partial charge in [0.2, 0.25) is 0 Å². The molecule has 0 amide bonds. The number of allylic oxidation sites excluding steroid dienone is 1. The fourth-order valence-corrected chi connectivity index (χ4v) is 2.16. The second-order valence-electron chi connectivity index (χ2n) is 4.62. The van der Waals surface area contributed by atoms with Gasteiger partial charge in [0.1, 0.15) is 0 Å². The molecular formula is C13H25NO. The molecule has 2 atom stereocenters. The van der Waals surface area contributed by atoms with Crippen molar-refractivity contribution in [2.75, 3.05) is 13.2 Å². The van der Waals surface area contributed by atoms with Crippen LogP contribution in [0, 0.1) is 0 Å². The summed E-state index contributed by atoms with van der Waals surface area (Å²) in [5.74, 6) is 0. The summed E-state index contributed by atoms with van der Waals surface area (Å²) in [7, 11) is 0. The van der Waals surface area contributed by atoms with Gasteiger partial charge < -0.3 is 10.1 Å². The standard InChI is InChI=1S/C13H25NO/c1-4-14-12(8-7-11(2)3)10-13-6-5-9-15-13/h12-14H,2,4-10H2,1,3H3. The third-order valence-electron chi connectivity index (χ3n) is 2.98. The highest BCUT2D eigenvalue weighted by Gasteiger charge is 2.19. The third kappa shape index (κ3) is 5.33. The Morgan fingerprint density at radius 3 is 2.93 bits per heavy atom. The molecule has 0 aliphatic carbocycles. The predicted molar refractivity (Wildman–Crippen MR) is 65.1 cm³/mol. The molecule has 0 aromatic carbocycles. The van der Waals surface area contributed by atoms with Gasteiger partial charge in [-0.05, 0) is 45.6 Å². The lowest BCUT2D eigenvalue weighted by Crippen LogP contribution is -2.32. The van der Waals surface area contributed by atoms with Gasteiger partial charge in [0.25, 0.3) is 0 Å². The molecule has 1 aliphatic rings. The SMILES string of the molecule is C=C(C)CCC(CC1CCCO1)NCC. The Balaban J connectivity index is 2.25. The lowest BCUT2D eigenvalue weighted by Gasteiger charge is -2.21. The van der Waals surface area contributed by atoms with Crippen molar-refractivity contribution in [1.82, 2.24) is 5.32 Å². The molecule has 2 unspecified atom stereocenters. The fraction of sp³-hybridized carbons (Fsp3) is 0.846. The normalized spacial score (nSPS) is 22.9.